The molecule has 1 N–H and O–H groups in total. The summed E-state index contributed by atoms with van der Waals surface area (Å²) >= 11 is 0. The summed E-state index contributed by atoms with van der Waals surface area (Å²) in [5.74, 6) is -0.0747. The van der Waals surface area contributed by atoms with E-state index < -0.39 is 5.97 Å². The molecule has 0 spiro atoms. The fourth-order valence-corrected chi connectivity index (χ4v) is 2.11. The molecule has 5 nitrogen and oxygen atoms in total. The maximum atomic E-state index is 11.9. The van der Waals surface area contributed by atoms with Crippen molar-refractivity contribution in [2.75, 3.05) is 20.7 Å². The van der Waals surface area contributed by atoms with Gasteiger partial charge in [0.2, 0.25) is 5.91 Å². The monoisotopic (exact) mass is 293 g/mol. The molecule has 0 atom stereocenters. The molecule has 1 rings (SSSR count). The molecular weight excluding hydrogens is 270 g/mol. The highest BCUT2D eigenvalue weighted by Crippen LogP contribution is 2.21. The van der Waals surface area contributed by atoms with E-state index in [0.29, 0.717) is 6.42 Å². The minimum atomic E-state index is -0.890. The quantitative estimate of drug-likeness (QED) is 0.798. The molecule has 116 valence electrons. The maximum absolute atomic E-state index is 11.9. The zero-order valence-electron chi connectivity index (χ0n) is 12.9. The number of aryl methyl sites for hydroxylation is 2. The van der Waals surface area contributed by atoms with Gasteiger partial charge in [-0.25, -0.2) is 0 Å². The Hall–Kier alpha value is -2.04. The Labute approximate surface area is 125 Å². The molecule has 1 aromatic carbocycles. The van der Waals surface area contributed by atoms with E-state index in [1.165, 1.54) is 4.90 Å². The van der Waals surface area contributed by atoms with E-state index in [1.807, 2.05) is 19.1 Å². The number of amides is 1. The van der Waals surface area contributed by atoms with E-state index in [-0.39, 0.29) is 18.9 Å². The topological polar surface area (TPSA) is 66.8 Å². The van der Waals surface area contributed by atoms with Crippen LogP contribution in [0.5, 0.6) is 5.75 Å². The Kier molecular flexibility index (Phi) is 6.72. The van der Waals surface area contributed by atoms with Crippen LogP contribution in [0.15, 0.2) is 18.2 Å². The van der Waals surface area contributed by atoms with Crippen molar-refractivity contribution in [1.29, 1.82) is 0 Å². The molecule has 0 saturated heterocycles. The fraction of sp³-hybridized carbons (Fsp3) is 0.500. The SMILES string of the molecule is COc1ccc(C)cc1CCCC(=O)N(C)CCC(=O)O. The van der Waals surface area contributed by atoms with Crippen LogP contribution < -0.4 is 4.74 Å². The molecule has 0 heterocycles. The molecule has 0 aliphatic carbocycles. The van der Waals surface area contributed by atoms with Crippen molar-refractivity contribution < 1.29 is 19.4 Å². The molecular formula is C16H23NO4. The van der Waals surface area contributed by atoms with Crippen LogP contribution in [0.1, 0.15) is 30.4 Å². The van der Waals surface area contributed by atoms with Crippen LogP contribution in [0.3, 0.4) is 0 Å². The molecule has 0 radical (unpaired) electrons. The van der Waals surface area contributed by atoms with Crippen molar-refractivity contribution >= 4 is 11.9 Å². The molecule has 0 bridgehead atoms. The second kappa shape index (κ2) is 8.29. The average Bonchev–Trinajstić information content (AvgIpc) is 2.44. The molecule has 0 aliphatic rings. The Balaban J connectivity index is 2.44. The smallest absolute Gasteiger partial charge is 0.305 e. The number of nitrogens with zero attached hydrogens (tertiary/aromatic N) is 1. The van der Waals surface area contributed by atoms with Gasteiger partial charge in [-0.2, -0.15) is 0 Å². The second-order valence-electron chi connectivity index (χ2n) is 5.13. The number of hydrogen-bond donors (Lipinski definition) is 1. The Morgan fingerprint density at radius 2 is 2.00 bits per heavy atom. The van der Waals surface area contributed by atoms with Crippen molar-refractivity contribution in [2.45, 2.75) is 32.6 Å². The highest BCUT2D eigenvalue weighted by molar-refractivity contribution is 5.76. The van der Waals surface area contributed by atoms with Gasteiger partial charge in [-0.15, -0.1) is 0 Å². The van der Waals surface area contributed by atoms with Crippen molar-refractivity contribution in [1.82, 2.24) is 4.90 Å². The number of benzene rings is 1. The van der Waals surface area contributed by atoms with E-state index in [4.69, 9.17) is 9.84 Å². The number of rotatable bonds is 8. The summed E-state index contributed by atoms with van der Waals surface area (Å²) in [6, 6.07) is 6.00. The lowest BCUT2D eigenvalue weighted by molar-refractivity contribution is -0.138. The minimum Gasteiger partial charge on any atom is -0.496 e. The standard InChI is InChI=1S/C16H23NO4/c1-12-7-8-14(21-3)13(11-12)5-4-6-15(18)17(2)10-9-16(19)20/h7-8,11H,4-6,9-10H2,1-3H3,(H,19,20). The number of carbonyl (C=O) groups is 2. The molecule has 0 unspecified atom stereocenters. The molecule has 0 fully saturated rings. The Bertz CT molecular complexity index is 499. The molecule has 5 heteroatoms. The first kappa shape index (κ1) is 17.0. The predicted octanol–water partition coefficient (Wildman–Crippen LogP) is 2.26. The largest absolute Gasteiger partial charge is 0.496 e. The fourth-order valence-electron chi connectivity index (χ4n) is 2.11. The number of aliphatic carboxylic acids is 1. The van der Waals surface area contributed by atoms with Gasteiger partial charge < -0.3 is 14.7 Å². The van der Waals surface area contributed by atoms with Gasteiger partial charge in [0.25, 0.3) is 0 Å². The van der Waals surface area contributed by atoms with E-state index in [2.05, 4.69) is 6.07 Å². The van der Waals surface area contributed by atoms with E-state index in [0.717, 1.165) is 29.7 Å². The van der Waals surface area contributed by atoms with Crippen LogP contribution >= 0.6 is 0 Å². The van der Waals surface area contributed by atoms with Crippen LogP contribution in [0.2, 0.25) is 0 Å². The van der Waals surface area contributed by atoms with Crippen molar-refractivity contribution in [2.24, 2.45) is 0 Å². The highest BCUT2D eigenvalue weighted by Gasteiger charge is 2.11. The van der Waals surface area contributed by atoms with Crippen LogP contribution in [0, 0.1) is 6.92 Å². The van der Waals surface area contributed by atoms with Crippen molar-refractivity contribution in [3.8, 4) is 5.75 Å². The first-order chi connectivity index (χ1) is 9.93. The van der Waals surface area contributed by atoms with Crippen LogP contribution in [-0.2, 0) is 16.0 Å². The van der Waals surface area contributed by atoms with Gasteiger partial charge >= 0.3 is 5.97 Å². The summed E-state index contributed by atoms with van der Waals surface area (Å²) in [5, 5.41) is 8.60. The molecule has 0 aliphatic heterocycles. The van der Waals surface area contributed by atoms with Gasteiger partial charge in [0.1, 0.15) is 5.75 Å². The summed E-state index contributed by atoms with van der Waals surface area (Å²) in [4.78, 5) is 23.8. The number of ether oxygens (including phenoxy) is 1. The molecule has 1 amide bonds. The van der Waals surface area contributed by atoms with Crippen LogP contribution in [0.25, 0.3) is 0 Å². The lowest BCUT2D eigenvalue weighted by Gasteiger charge is -2.16. The first-order valence-electron chi connectivity index (χ1n) is 7.03. The Morgan fingerprint density at radius 1 is 1.29 bits per heavy atom. The summed E-state index contributed by atoms with van der Waals surface area (Å²) in [5.41, 5.74) is 2.26. The van der Waals surface area contributed by atoms with E-state index >= 15 is 0 Å². The highest BCUT2D eigenvalue weighted by atomic mass is 16.5. The minimum absolute atomic E-state index is 0.0199. The summed E-state index contributed by atoms with van der Waals surface area (Å²) in [6.45, 7) is 2.27. The van der Waals surface area contributed by atoms with Gasteiger partial charge in [-0.05, 0) is 31.4 Å². The molecule has 0 aromatic heterocycles. The van der Waals surface area contributed by atoms with Gasteiger partial charge in [-0.1, -0.05) is 17.7 Å². The lowest BCUT2D eigenvalue weighted by Crippen LogP contribution is -2.28. The summed E-state index contributed by atoms with van der Waals surface area (Å²) < 4.78 is 5.31. The number of carboxylic acids is 1. The van der Waals surface area contributed by atoms with E-state index in [9.17, 15) is 9.59 Å². The maximum Gasteiger partial charge on any atom is 0.305 e. The lowest BCUT2D eigenvalue weighted by atomic mass is 10.0. The Morgan fingerprint density at radius 3 is 2.62 bits per heavy atom. The molecule has 0 saturated carbocycles. The van der Waals surface area contributed by atoms with Gasteiger partial charge in [0.05, 0.1) is 13.5 Å². The molecule has 1 aromatic rings. The second-order valence-corrected chi connectivity index (χ2v) is 5.13. The predicted molar refractivity (Wildman–Crippen MR) is 80.6 cm³/mol. The summed E-state index contributed by atoms with van der Waals surface area (Å²) in [6.07, 6.45) is 1.88. The zero-order chi connectivity index (χ0) is 15.8. The third-order valence-electron chi connectivity index (χ3n) is 3.36. The van der Waals surface area contributed by atoms with Crippen molar-refractivity contribution in [3.63, 3.8) is 0 Å². The molecule has 21 heavy (non-hydrogen) atoms. The average molecular weight is 293 g/mol. The third kappa shape index (κ3) is 5.85. The van der Waals surface area contributed by atoms with Gasteiger partial charge in [-0.3, -0.25) is 9.59 Å². The third-order valence-corrected chi connectivity index (χ3v) is 3.36. The zero-order valence-corrected chi connectivity index (χ0v) is 12.9. The van der Waals surface area contributed by atoms with Gasteiger partial charge in [0.15, 0.2) is 0 Å². The first-order valence-corrected chi connectivity index (χ1v) is 7.03. The number of carboxylic acid groups (broad SMARTS) is 1. The van der Waals surface area contributed by atoms with Crippen LogP contribution in [-0.4, -0.2) is 42.6 Å². The number of carbonyl (C=O) groups excluding carboxylic acids is 1. The number of hydrogen-bond acceptors (Lipinski definition) is 3. The van der Waals surface area contributed by atoms with E-state index in [1.54, 1.807) is 14.2 Å². The van der Waals surface area contributed by atoms with Crippen LogP contribution in [0.4, 0.5) is 0 Å². The van der Waals surface area contributed by atoms with Gasteiger partial charge in [0, 0.05) is 20.0 Å². The van der Waals surface area contributed by atoms with Crippen molar-refractivity contribution in [3.05, 3.63) is 29.3 Å². The number of methoxy groups -OCH3 is 1. The normalized spacial score (nSPS) is 10.2. The summed E-state index contributed by atoms with van der Waals surface area (Å²) in [7, 11) is 3.28.